The molecule has 1 amide bonds. The highest BCUT2D eigenvalue weighted by atomic mass is 79.9. The zero-order valence-electron chi connectivity index (χ0n) is 13.0. The molecule has 0 aliphatic heterocycles. The van der Waals surface area contributed by atoms with E-state index in [4.69, 9.17) is 14.2 Å². The van der Waals surface area contributed by atoms with E-state index in [1.807, 2.05) is 0 Å². The SMILES string of the molecule is CCOC(=O)NC(c1cc(OC)c(Br)c(OC)c1)C(Br)(Br)[N+](=O)[O-]. The third kappa shape index (κ3) is 4.73. The number of ether oxygens (including phenoxy) is 3. The van der Waals surface area contributed by atoms with Crippen LogP contribution in [0.4, 0.5) is 4.79 Å². The summed E-state index contributed by atoms with van der Waals surface area (Å²) in [7, 11) is 2.89. The Hall–Kier alpha value is -1.07. The molecular weight excluding hydrogens is 520 g/mol. The predicted octanol–water partition coefficient (Wildman–Crippen LogP) is 3.97. The zero-order chi connectivity index (χ0) is 18.5. The molecule has 1 atom stereocenters. The second kappa shape index (κ2) is 8.86. The summed E-state index contributed by atoms with van der Waals surface area (Å²) in [4.78, 5) is 22.6. The Balaban J connectivity index is 3.43. The number of halogens is 3. The number of amides is 1. The first-order valence-corrected chi connectivity index (χ1v) is 8.93. The van der Waals surface area contributed by atoms with Crippen LogP contribution in [-0.4, -0.2) is 35.2 Å². The Morgan fingerprint density at radius 2 is 1.83 bits per heavy atom. The highest BCUT2D eigenvalue weighted by Crippen LogP contribution is 2.44. The number of benzene rings is 1. The summed E-state index contributed by atoms with van der Waals surface area (Å²) in [6.07, 6.45) is -0.798. The second-order valence-corrected chi connectivity index (χ2v) is 8.66. The summed E-state index contributed by atoms with van der Waals surface area (Å²) >= 11 is 9.31. The average Bonchev–Trinajstić information content (AvgIpc) is 2.53. The molecule has 8 nitrogen and oxygen atoms in total. The van der Waals surface area contributed by atoms with Crippen molar-refractivity contribution >= 4 is 53.9 Å². The number of alkyl carbamates (subject to hydrolysis) is 1. The average molecular weight is 535 g/mol. The molecule has 134 valence electrons. The smallest absolute Gasteiger partial charge is 0.407 e. The van der Waals surface area contributed by atoms with E-state index in [1.165, 1.54) is 14.2 Å². The molecule has 0 heterocycles. The van der Waals surface area contributed by atoms with Gasteiger partial charge in [0.05, 0.1) is 25.7 Å². The van der Waals surface area contributed by atoms with Gasteiger partial charge in [0.2, 0.25) is 0 Å². The number of hydrogen-bond donors (Lipinski definition) is 1. The third-order valence-corrected chi connectivity index (χ3v) is 5.21. The van der Waals surface area contributed by atoms with Gasteiger partial charge < -0.3 is 19.5 Å². The van der Waals surface area contributed by atoms with Crippen molar-refractivity contribution in [3.05, 3.63) is 32.3 Å². The summed E-state index contributed by atoms with van der Waals surface area (Å²) in [5.74, 6) is 0.776. The maximum atomic E-state index is 11.8. The number of carbonyl (C=O) groups is 1. The van der Waals surface area contributed by atoms with Crippen molar-refractivity contribution in [3.8, 4) is 11.5 Å². The van der Waals surface area contributed by atoms with Crippen LogP contribution in [-0.2, 0) is 4.74 Å². The molecular formula is C13H15Br3N2O6. The molecule has 11 heteroatoms. The fourth-order valence-electron chi connectivity index (χ4n) is 1.82. The zero-order valence-corrected chi connectivity index (χ0v) is 17.7. The number of nitro groups is 1. The Morgan fingerprint density at radius 3 is 2.21 bits per heavy atom. The highest BCUT2D eigenvalue weighted by Gasteiger charge is 2.48. The van der Waals surface area contributed by atoms with E-state index in [9.17, 15) is 14.9 Å². The highest BCUT2D eigenvalue weighted by molar-refractivity contribution is 9.25. The minimum atomic E-state index is -1.86. The van der Waals surface area contributed by atoms with E-state index >= 15 is 0 Å². The van der Waals surface area contributed by atoms with E-state index in [1.54, 1.807) is 19.1 Å². The first-order valence-electron chi connectivity index (χ1n) is 6.56. The van der Waals surface area contributed by atoms with Gasteiger partial charge in [0.25, 0.3) is 0 Å². The van der Waals surface area contributed by atoms with Crippen LogP contribution >= 0.6 is 47.8 Å². The van der Waals surface area contributed by atoms with E-state index in [0.717, 1.165) is 0 Å². The van der Waals surface area contributed by atoms with Gasteiger partial charge in [-0.2, -0.15) is 0 Å². The van der Waals surface area contributed by atoms with Crippen molar-refractivity contribution in [2.75, 3.05) is 20.8 Å². The first-order chi connectivity index (χ1) is 11.2. The monoisotopic (exact) mass is 532 g/mol. The van der Waals surface area contributed by atoms with Crippen LogP contribution in [0.15, 0.2) is 16.6 Å². The molecule has 0 aliphatic rings. The summed E-state index contributed by atoms with van der Waals surface area (Å²) < 4.78 is 14.0. The topological polar surface area (TPSA) is 99.9 Å². The number of hydrogen-bond acceptors (Lipinski definition) is 6. The second-order valence-electron chi connectivity index (χ2n) is 4.38. The van der Waals surface area contributed by atoms with Gasteiger partial charge in [-0.1, -0.05) is 0 Å². The van der Waals surface area contributed by atoms with Gasteiger partial charge >= 0.3 is 9.45 Å². The number of alkyl halides is 2. The summed E-state index contributed by atoms with van der Waals surface area (Å²) in [6, 6.07) is 1.97. The molecule has 24 heavy (non-hydrogen) atoms. The molecule has 0 fully saturated rings. The summed E-state index contributed by atoms with van der Waals surface area (Å²) in [6.45, 7) is 1.75. The first kappa shape index (κ1) is 21.0. The summed E-state index contributed by atoms with van der Waals surface area (Å²) in [5.41, 5.74) is 0.366. The van der Waals surface area contributed by atoms with Crippen molar-refractivity contribution in [2.24, 2.45) is 0 Å². The third-order valence-electron chi connectivity index (χ3n) is 2.93. The fourth-order valence-corrected chi connectivity index (χ4v) is 3.13. The van der Waals surface area contributed by atoms with Crippen LogP contribution in [0.3, 0.4) is 0 Å². The van der Waals surface area contributed by atoms with Crippen LogP contribution in [0.5, 0.6) is 11.5 Å². The Bertz CT molecular complexity index is 601. The quantitative estimate of drug-likeness (QED) is 0.246. The lowest BCUT2D eigenvalue weighted by molar-refractivity contribution is -0.509. The van der Waals surface area contributed by atoms with Gasteiger partial charge in [0.15, 0.2) is 0 Å². The van der Waals surface area contributed by atoms with Gasteiger partial charge in [-0.3, -0.25) is 10.1 Å². The standard InChI is InChI=1S/C13H15Br3N2O6/c1-4-24-12(19)17-11(13(15,16)18(20)21)7-5-8(22-2)10(14)9(6-7)23-3/h5-6,11H,4H2,1-3H3,(H,17,19). The maximum absolute atomic E-state index is 11.8. The molecule has 0 spiro atoms. The Kier molecular flexibility index (Phi) is 7.74. The van der Waals surface area contributed by atoms with Gasteiger partial charge in [0, 0.05) is 31.9 Å². The molecule has 0 aromatic heterocycles. The minimum Gasteiger partial charge on any atom is -0.495 e. The van der Waals surface area contributed by atoms with Crippen molar-refractivity contribution in [1.29, 1.82) is 0 Å². The normalized spacial score (nSPS) is 12.2. The van der Waals surface area contributed by atoms with Crippen molar-refractivity contribution < 1.29 is 23.9 Å². The lowest BCUT2D eigenvalue weighted by atomic mass is 10.1. The lowest BCUT2D eigenvalue weighted by Gasteiger charge is -2.25. The molecule has 1 N–H and O–H groups in total. The molecule has 1 unspecified atom stereocenters. The number of nitrogens with one attached hydrogen (secondary N) is 1. The van der Waals surface area contributed by atoms with Crippen LogP contribution < -0.4 is 14.8 Å². The molecule has 0 saturated heterocycles. The minimum absolute atomic E-state index is 0.127. The largest absolute Gasteiger partial charge is 0.495 e. The van der Waals surface area contributed by atoms with Crippen LogP contribution in [0.1, 0.15) is 18.5 Å². The van der Waals surface area contributed by atoms with Gasteiger partial charge in [-0.15, -0.1) is 0 Å². The molecule has 0 bridgehead atoms. The van der Waals surface area contributed by atoms with Gasteiger partial charge in [0.1, 0.15) is 22.0 Å². The molecule has 0 saturated carbocycles. The predicted molar refractivity (Wildman–Crippen MR) is 97.7 cm³/mol. The van der Waals surface area contributed by atoms with E-state index in [2.05, 4.69) is 53.1 Å². The van der Waals surface area contributed by atoms with Crippen LogP contribution in [0.25, 0.3) is 0 Å². The van der Waals surface area contributed by atoms with Crippen molar-refractivity contribution in [1.82, 2.24) is 5.32 Å². The van der Waals surface area contributed by atoms with E-state index < -0.39 is 20.4 Å². The Morgan fingerprint density at radius 1 is 1.33 bits per heavy atom. The number of carbonyl (C=O) groups excluding carboxylic acids is 1. The van der Waals surface area contributed by atoms with Crippen molar-refractivity contribution in [3.63, 3.8) is 0 Å². The van der Waals surface area contributed by atoms with Gasteiger partial charge in [-0.25, -0.2) is 4.79 Å². The molecule has 1 rings (SSSR count). The molecule has 1 aromatic carbocycles. The van der Waals surface area contributed by atoms with Gasteiger partial charge in [-0.05, 0) is 40.5 Å². The van der Waals surface area contributed by atoms with Crippen LogP contribution in [0, 0.1) is 10.1 Å². The van der Waals surface area contributed by atoms with Crippen LogP contribution in [0.2, 0.25) is 0 Å². The molecule has 0 aliphatic carbocycles. The van der Waals surface area contributed by atoms with E-state index in [0.29, 0.717) is 21.5 Å². The lowest BCUT2D eigenvalue weighted by Crippen LogP contribution is -2.43. The van der Waals surface area contributed by atoms with E-state index in [-0.39, 0.29) is 6.61 Å². The number of nitrogens with zero attached hydrogens (tertiary/aromatic N) is 1. The molecule has 0 radical (unpaired) electrons. The number of methoxy groups -OCH3 is 2. The summed E-state index contributed by atoms with van der Waals surface area (Å²) in [5, 5.41) is 13.9. The maximum Gasteiger partial charge on any atom is 0.407 e. The number of rotatable bonds is 7. The molecule has 1 aromatic rings. The Labute approximate surface area is 163 Å². The van der Waals surface area contributed by atoms with Crippen molar-refractivity contribution in [2.45, 2.75) is 16.3 Å². The fraction of sp³-hybridized carbons (Fsp3) is 0.462.